The lowest BCUT2D eigenvalue weighted by Gasteiger charge is -2.21. The minimum atomic E-state index is -0.368. The van der Waals surface area contributed by atoms with Crippen LogP contribution in [0.15, 0.2) is 24.3 Å². The van der Waals surface area contributed by atoms with Crippen molar-refractivity contribution in [3.63, 3.8) is 0 Å². The normalized spacial score (nSPS) is 11.7. The second kappa shape index (κ2) is 3.26. The highest BCUT2D eigenvalue weighted by atomic mass is 19.1. The molecule has 0 saturated carbocycles. The van der Waals surface area contributed by atoms with Gasteiger partial charge in [0.25, 0.3) is 0 Å². The Kier molecular flexibility index (Phi) is 2.51. The molecule has 66 valence electrons. The van der Waals surface area contributed by atoms with E-state index in [1.54, 1.807) is 0 Å². The number of hydrogen-bond acceptors (Lipinski definition) is 0. The summed E-state index contributed by atoms with van der Waals surface area (Å²) in [5.41, 5.74) is 1.96. The van der Waals surface area contributed by atoms with Crippen LogP contribution in [0.4, 0.5) is 4.39 Å². The Morgan fingerprint density at radius 1 is 1.17 bits per heavy atom. The van der Waals surface area contributed by atoms with Gasteiger partial charge in [0, 0.05) is 0 Å². The largest absolute Gasteiger partial charge is 0.246 e. The summed E-state index contributed by atoms with van der Waals surface area (Å²) in [4.78, 5) is 0. The summed E-state index contributed by atoms with van der Waals surface area (Å²) >= 11 is 0. The van der Waals surface area contributed by atoms with E-state index >= 15 is 0 Å². The molecule has 1 heteroatoms. The van der Waals surface area contributed by atoms with Crippen molar-refractivity contribution in [2.75, 3.05) is 0 Å². The maximum atomic E-state index is 12.5. The SMILES string of the molecule is CC(C)(C)c1ccccc1CF. The van der Waals surface area contributed by atoms with E-state index in [1.165, 1.54) is 0 Å². The highest BCUT2D eigenvalue weighted by molar-refractivity contribution is 5.32. The lowest BCUT2D eigenvalue weighted by atomic mass is 9.84. The first-order valence-corrected chi connectivity index (χ1v) is 4.20. The van der Waals surface area contributed by atoms with Gasteiger partial charge in [-0.05, 0) is 16.5 Å². The van der Waals surface area contributed by atoms with Gasteiger partial charge in [-0.15, -0.1) is 0 Å². The van der Waals surface area contributed by atoms with Gasteiger partial charge in [-0.3, -0.25) is 0 Å². The van der Waals surface area contributed by atoms with Crippen LogP contribution in [0.2, 0.25) is 0 Å². The first kappa shape index (κ1) is 9.24. The molecule has 0 unspecified atom stereocenters. The van der Waals surface area contributed by atoms with E-state index in [2.05, 4.69) is 20.8 Å². The topological polar surface area (TPSA) is 0 Å². The zero-order chi connectivity index (χ0) is 9.19. The fourth-order valence-corrected chi connectivity index (χ4v) is 1.37. The number of rotatable bonds is 1. The minimum absolute atomic E-state index is 0.0443. The van der Waals surface area contributed by atoms with Crippen molar-refractivity contribution in [3.8, 4) is 0 Å². The summed E-state index contributed by atoms with van der Waals surface area (Å²) in [6.07, 6.45) is 0. The van der Waals surface area contributed by atoms with Crippen LogP contribution in [0.3, 0.4) is 0 Å². The van der Waals surface area contributed by atoms with Crippen molar-refractivity contribution in [2.45, 2.75) is 32.9 Å². The Labute approximate surface area is 73.4 Å². The van der Waals surface area contributed by atoms with E-state index in [-0.39, 0.29) is 12.1 Å². The highest BCUT2D eigenvalue weighted by Crippen LogP contribution is 2.25. The van der Waals surface area contributed by atoms with E-state index in [1.807, 2.05) is 24.3 Å². The van der Waals surface area contributed by atoms with E-state index in [9.17, 15) is 4.39 Å². The second-order valence-electron chi connectivity index (χ2n) is 4.04. The standard InChI is InChI=1S/C11H15F/c1-11(2,3)10-7-5-4-6-9(10)8-12/h4-7H,8H2,1-3H3. The van der Waals surface area contributed by atoms with Crippen LogP contribution in [0, 0.1) is 0 Å². The fourth-order valence-electron chi connectivity index (χ4n) is 1.37. The third kappa shape index (κ3) is 1.84. The van der Waals surface area contributed by atoms with Gasteiger partial charge in [0.2, 0.25) is 0 Å². The Balaban J connectivity index is 3.14. The van der Waals surface area contributed by atoms with E-state index < -0.39 is 0 Å². The molecule has 0 aliphatic carbocycles. The summed E-state index contributed by atoms with van der Waals surface area (Å²) in [5, 5.41) is 0. The summed E-state index contributed by atoms with van der Waals surface area (Å²) in [6.45, 7) is 5.93. The van der Waals surface area contributed by atoms with Gasteiger partial charge in [0.15, 0.2) is 0 Å². The molecule has 0 amide bonds. The minimum Gasteiger partial charge on any atom is -0.246 e. The molecule has 0 atom stereocenters. The van der Waals surface area contributed by atoms with Crippen LogP contribution < -0.4 is 0 Å². The zero-order valence-electron chi connectivity index (χ0n) is 7.89. The maximum Gasteiger partial charge on any atom is 0.115 e. The molecule has 0 saturated heterocycles. The lowest BCUT2D eigenvalue weighted by Crippen LogP contribution is -2.13. The van der Waals surface area contributed by atoms with Crippen LogP contribution in [-0.2, 0) is 12.1 Å². The maximum absolute atomic E-state index is 12.5. The highest BCUT2D eigenvalue weighted by Gasteiger charge is 2.16. The van der Waals surface area contributed by atoms with Gasteiger partial charge < -0.3 is 0 Å². The van der Waals surface area contributed by atoms with Crippen molar-refractivity contribution < 1.29 is 4.39 Å². The molecule has 0 nitrogen and oxygen atoms in total. The van der Waals surface area contributed by atoms with E-state index in [0.29, 0.717) is 0 Å². The van der Waals surface area contributed by atoms with Gasteiger partial charge >= 0.3 is 0 Å². The molecule has 0 N–H and O–H groups in total. The quantitative estimate of drug-likeness (QED) is 0.599. The van der Waals surface area contributed by atoms with Crippen molar-refractivity contribution in [2.24, 2.45) is 0 Å². The molecule has 0 bridgehead atoms. The summed E-state index contributed by atoms with van der Waals surface area (Å²) in [7, 11) is 0. The Morgan fingerprint density at radius 3 is 2.17 bits per heavy atom. The third-order valence-electron chi connectivity index (χ3n) is 1.97. The summed E-state index contributed by atoms with van der Waals surface area (Å²) < 4.78 is 12.5. The Morgan fingerprint density at radius 2 is 1.75 bits per heavy atom. The zero-order valence-corrected chi connectivity index (χ0v) is 7.89. The smallest absolute Gasteiger partial charge is 0.115 e. The monoisotopic (exact) mass is 166 g/mol. The molecule has 1 rings (SSSR count). The predicted octanol–water partition coefficient (Wildman–Crippen LogP) is 3.45. The molecule has 0 aliphatic rings. The first-order valence-electron chi connectivity index (χ1n) is 4.20. The van der Waals surface area contributed by atoms with Crippen molar-refractivity contribution >= 4 is 0 Å². The van der Waals surface area contributed by atoms with Crippen LogP contribution in [-0.4, -0.2) is 0 Å². The van der Waals surface area contributed by atoms with Crippen LogP contribution in [0.25, 0.3) is 0 Å². The van der Waals surface area contributed by atoms with E-state index in [0.717, 1.165) is 11.1 Å². The molecule has 0 heterocycles. The molecule has 0 aromatic heterocycles. The van der Waals surface area contributed by atoms with Crippen molar-refractivity contribution in [3.05, 3.63) is 35.4 Å². The molecular formula is C11H15F. The number of halogens is 1. The molecule has 12 heavy (non-hydrogen) atoms. The third-order valence-corrected chi connectivity index (χ3v) is 1.97. The van der Waals surface area contributed by atoms with Crippen molar-refractivity contribution in [1.82, 2.24) is 0 Å². The van der Waals surface area contributed by atoms with Gasteiger partial charge in [-0.25, -0.2) is 4.39 Å². The van der Waals surface area contributed by atoms with Crippen molar-refractivity contribution in [1.29, 1.82) is 0 Å². The number of benzene rings is 1. The molecule has 0 fully saturated rings. The molecule has 0 spiro atoms. The average Bonchev–Trinajstić information content (AvgIpc) is 2.03. The molecule has 0 aliphatic heterocycles. The Hall–Kier alpha value is -0.850. The number of hydrogen-bond donors (Lipinski definition) is 0. The Bertz CT molecular complexity index is 258. The summed E-state index contributed by atoms with van der Waals surface area (Å²) in [5.74, 6) is 0. The van der Waals surface area contributed by atoms with Gasteiger partial charge in [0.1, 0.15) is 6.67 Å². The lowest BCUT2D eigenvalue weighted by molar-refractivity contribution is 0.470. The fraction of sp³-hybridized carbons (Fsp3) is 0.455. The molecule has 1 aromatic rings. The van der Waals surface area contributed by atoms with Crippen LogP contribution in [0.5, 0.6) is 0 Å². The van der Waals surface area contributed by atoms with Crippen LogP contribution in [0.1, 0.15) is 31.9 Å². The predicted molar refractivity (Wildman–Crippen MR) is 50.0 cm³/mol. The van der Waals surface area contributed by atoms with Crippen LogP contribution >= 0.6 is 0 Å². The van der Waals surface area contributed by atoms with E-state index in [4.69, 9.17) is 0 Å². The van der Waals surface area contributed by atoms with Gasteiger partial charge in [-0.2, -0.15) is 0 Å². The number of alkyl halides is 1. The van der Waals surface area contributed by atoms with Gasteiger partial charge in [-0.1, -0.05) is 45.0 Å². The molecule has 1 aromatic carbocycles. The average molecular weight is 166 g/mol. The molecule has 0 radical (unpaired) electrons. The van der Waals surface area contributed by atoms with Gasteiger partial charge in [0.05, 0.1) is 0 Å². The first-order chi connectivity index (χ1) is 5.55. The molecular weight excluding hydrogens is 151 g/mol. The second-order valence-corrected chi connectivity index (χ2v) is 4.04. The summed E-state index contributed by atoms with van der Waals surface area (Å²) in [6, 6.07) is 7.68.